The minimum Gasteiger partial charge on any atom is -0.466 e. The highest BCUT2D eigenvalue weighted by Gasteiger charge is 2.32. The highest BCUT2D eigenvalue weighted by molar-refractivity contribution is 5.96. The first-order chi connectivity index (χ1) is 10.6. The van der Waals surface area contributed by atoms with Crippen molar-refractivity contribution >= 4 is 22.6 Å². The molecule has 1 aliphatic rings. The van der Waals surface area contributed by atoms with Crippen LogP contribution in [0.2, 0.25) is 0 Å². The molecule has 0 saturated carbocycles. The van der Waals surface area contributed by atoms with E-state index in [2.05, 4.69) is 5.32 Å². The first kappa shape index (κ1) is 14.3. The number of amides is 1. The molecular weight excluding hydrogens is 278 g/mol. The smallest absolute Gasteiger partial charge is 0.336 e. The van der Waals surface area contributed by atoms with Crippen LogP contribution < -0.4 is 5.32 Å². The quantitative estimate of drug-likeness (QED) is 0.867. The Morgan fingerprint density at radius 2 is 1.91 bits per heavy atom. The van der Waals surface area contributed by atoms with Crippen molar-refractivity contribution in [2.75, 3.05) is 7.11 Å². The van der Waals surface area contributed by atoms with Gasteiger partial charge in [0, 0.05) is 18.0 Å². The summed E-state index contributed by atoms with van der Waals surface area (Å²) in [5, 5.41) is 4.94. The SMILES string of the molecule is COC(=O)C1=C(C)NC(=O)C[C@@H]1c1ccc2ccccc2c1. The van der Waals surface area contributed by atoms with Crippen LogP contribution in [0, 0.1) is 0 Å². The Hall–Kier alpha value is -2.62. The van der Waals surface area contributed by atoms with E-state index in [9.17, 15) is 9.59 Å². The molecule has 0 aliphatic carbocycles. The molecule has 2 aromatic carbocycles. The number of hydrogen-bond acceptors (Lipinski definition) is 3. The van der Waals surface area contributed by atoms with Gasteiger partial charge in [0.1, 0.15) is 0 Å². The van der Waals surface area contributed by atoms with Gasteiger partial charge in [-0.2, -0.15) is 0 Å². The predicted molar refractivity (Wildman–Crippen MR) is 84.2 cm³/mol. The van der Waals surface area contributed by atoms with Gasteiger partial charge in [-0.3, -0.25) is 4.79 Å². The topological polar surface area (TPSA) is 55.4 Å². The number of methoxy groups -OCH3 is 1. The lowest BCUT2D eigenvalue weighted by Gasteiger charge is -2.26. The minimum absolute atomic E-state index is 0.0803. The second-order valence-electron chi connectivity index (χ2n) is 5.44. The normalized spacial score (nSPS) is 18.3. The monoisotopic (exact) mass is 295 g/mol. The van der Waals surface area contributed by atoms with Crippen molar-refractivity contribution in [3.05, 3.63) is 59.3 Å². The van der Waals surface area contributed by atoms with Gasteiger partial charge in [0.2, 0.25) is 5.91 Å². The number of benzene rings is 2. The fraction of sp³-hybridized carbons (Fsp3) is 0.222. The number of ether oxygens (including phenoxy) is 1. The van der Waals surface area contributed by atoms with E-state index in [1.807, 2.05) is 42.5 Å². The molecule has 4 heteroatoms. The lowest BCUT2D eigenvalue weighted by atomic mass is 9.84. The summed E-state index contributed by atoms with van der Waals surface area (Å²) >= 11 is 0. The van der Waals surface area contributed by atoms with Gasteiger partial charge in [0.05, 0.1) is 12.7 Å². The summed E-state index contributed by atoms with van der Waals surface area (Å²) in [6.07, 6.45) is 0.250. The molecule has 0 saturated heterocycles. The van der Waals surface area contributed by atoms with Gasteiger partial charge in [-0.15, -0.1) is 0 Å². The van der Waals surface area contributed by atoms with Crippen LogP contribution in [0.4, 0.5) is 0 Å². The van der Waals surface area contributed by atoms with Crippen LogP contribution in [-0.4, -0.2) is 19.0 Å². The van der Waals surface area contributed by atoms with Gasteiger partial charge in [-0.05, 0) is 23.3 Å². The number of carbonyl (C=O) groups is 2. The lowest BCUT2D eigenvalue weighted by Crippen LogP contribution is -2.34. The molecule has 112 valence electrons. The van der Waals surface area contributed by atoms with Gasteiger partial charge in [0.25, 0.3) is 0 Å². The van der Waals surface area contributed by atoms with Crippen molar-refractivity contribution in [3.63, 3.8) is 0 Å². The molecular formula is C18H17NO3. The maximum absolute atomic E-state index is 12.1. The Morgan fingerprint density at radius 3 is 2.64 bits per heavy atom. The summed E-state index contributed by atoms with van der Waals surface area (Å²) in [5.74, 6) is -0.746. The first-order valence-electron chi connectivity index (χ1n) is 7.18. The molecule has 0 spiro atoms. The maximum Gasteiger partial charge on any atom is 0.336 e. The van der Waals surface area contributed by atoms with E-state index < -0.39 is 5.97 Å². The van der Waals surface area contributed by atoms with E-state index in [-0.39, 0.29) is 18.2 Å². The Morgan fingerprint density at radius 1 is 1.18 bits per heavy atom. The second kappa shape index (κ2) is 5.64. The zero-order chi connectivity index (χ0) is 15.7. The van der Waals surface area contributed by atoms with Crippen LogP contribution in [0.3, 0.4) is 0 Å². The summed E-state index contributed by atoms with van der Waals surface area (Å²) in [4.78, 5) is 24.0. The maximum atomic E-state index is 12.1. The van der Waals surface area contributed by atoms with Crippen molar-refractivity contribution in [2.45, 2.75) is 19.3 Å². The Labute approximate surface area is 128 Å². The zero-order valence-electron chi connectivity index (χ0n) is 12.6. The van der Waals surface area contributed by atoms with Crippen molar-refractivity contribution in [3.8, 4) is 0 Å². The van der Waals surface area contributed by atoms with Gasteiger partial charge < -0.3 is 10.1 Å². The van der Waals surface area contributed by atoms with Crippen molar-refractivity contribution in [1.82, 2.24) is 5.32 Å². The number of rotatable bonds is 2. The number of carbonyl (C=O) groups excluding carboxylic acids is 2. The molecule has 4 nitrogen and oxygen atoms in total. The molecule has 1 heterocycles. The first-order valence-corrected chi connectivity index (χ1v) is 7.18. The van der Waals surface area contributed by atoms with Crippen LogP contribution >= 0.6 is 0 Å². The summed E-state index contributed by atoms with van der Waals surface area (Å²) < 4.78 is 4.89. The fourth-order valence-electron chi connectivity index (χ4n) is 2.99. The molecule has 0 unspecified atom stereocenters. The Balaban J connectivity index is 2.11. The van der Waals surface area contributed by atoms with E-state index in [1.54, 1.807) is 6.92 Å². The predicted octanol–water partition coefficient (Wildman–Crippen LogP) is 2.89. The number of hydrogen-bond donors (Lipinski definition) is 1. The van der Waals surface area contributed by atoms with Crippen LogP contribution in [0.25, 0.3) is 10.8 Å². The summed E-state index contributed by atoms with van der Waals surface area (Å²) in [7, 11) is 1.36. The molecule has 1 N–H and O–H groups in total. The van der Waals surface area contributed by atoms with Crippen LogP contribution in [0.5, 0.6) is 0 Å². The number of fused-ring (bicyclic) bond motifs is 1. The number of allylic oxidation sites excluding steroid dienone is 1. The van der Waals surface area contributed by atoms with Crippen LogP contribution in [-0.2, 0) is 14.3 Å². The van der Waals surface area contributed by atoms with Crippen molar-refractivity contribution in [1.29, 1.82) is 0 Å². The molecule has 22 heavy (non-hydrogen) atoms. The largest absolute Gasteiger partial charge is 0.466 e. The second-order valence-corrected chi connectivity index (χ2v) is 5.44. The van der Waals surface area contributed by atoms with E-state index in [1.165, 1.54) is 7.11 Å². The molecule has 0 fully saturated rings. The van der Waals surface area contributed by atoms with Crippen molar-refractivity contribution < 1.29 is 14.3 Å². The Kier molecular flexibility index (Phi) is 3.67. The van der Waals surface area contributed by atoms with E-state index in [4.69, 9.17) is 4.74 Å². The molecule has 0 bridgehead atoms. The number of esters is 1. The molecule has 0 radical (unpaired) electrons. The summed E-state index contributed by atoms with van der Waals surface area (Å²) in [6.45, 7) is 1.73. The third-order valence-corrected chi connectivity index (χ3v) is 4.05. The zero-order valence-corrected chi connectivity index (χ0v) is 12.6. The molecule has 3 rings (SSSR count). The van der Waals surface area contributed by atoms with Gasteiger partial charge in [0.15, 0.2) is 0 Å². The number of nitrogens with one attached hydrogen (secondary N) is 1. The van der Waals surface area contributed by atoms with E-state index >= 15 is 0 Å². The molecule has 1 amide bonds. The standard InChI is InChI=1S/C18H17NO3/c1-11-17(18(21)22-2)15(10-16(20)19-11)14-8-7-12-5-3-4-6-13(12)9-14/h3-9,15H,10H2,1-2H3,(H,19,20)/t15-/m1/s1. The molecule has 1 aliphatic heterocycles. The van der Waals surface area contributed by atoms with E-state index in [0.717, 1.165) is 16.3 Å². The van der Waals surface area contributed by atoms with Crippen LogP contribution in [0.15, 0.2) is 53.7 Å². The summed E-state index contributed by atoms with van der Waals surface area (Å²) in [5.41, 5.74) is 2.05. The van der Waals surface area contributed by atoms with Gasteiger partial charge in [-0.25, -0.2) is 4.79 Å². The molecule has 0 aromatic heterocycles. The summed E-state index contributed by atoms with van der Waals surface area (Å²) in [6, 6.07) is 14.0. The third kappa shape index (κ3) is 2.48. The van der Waals surface area contributed by atoms with Crippen LogP contribution in [0.1, 0.15) is 24.8 Å². The van der Waals surface area contributed by atoms with E-state index in [0.29, 0.717) is 11.3 Å². The van der Waals surface area contributed by atoms with Gasteiger partial charge in [-0.1, -0.05) is 42.5 Å². The molecule has 2 aromatic rings. The average Bonchev–Trinajstić information content (AvgIpc) is 2.53. The highest BCUT2D eigenvalue weighted by atomic mass is 16.5. The third-order valence-electron chi connectivity index (χ3n) is 4.05. The van der Waals surface area contributed by atoms with Gasteiger partial charge >= 0.3 is 5.97 Å². The average molecular weight is 295 g/mol. The Bertz CT molecular complexity index is 792. The highest BCUT2D eigenvalue weighted by Crippen LogP contribution is 2.34. The fourth-order valence-corrected chi connectivity index (χ4v) is 2.99. The minimum atomic E-state index is -0.393. The van der Waals surface area contributed by atoms with Crippen molar-refractivity contribution in [2.24, 2.45) is 0 Å². The molecule has 1 atom stereocenters. The lowest BCUT2D eigenvalue weighted by molar-refractivity contribution is -0.136.